The van der Waals surface area contributed by atoms with Crippen LogP contribution in [0.15, 0.2) is 24.3 Å². The summed E-state index contributed by atoms with van der Waals surface area (Å²) in [6.45, 7) is 8.38. The summed E-state index contributed by atoms with van der Waals surface area (Å²) < 4.78 is 0. The Hall–Kier alpha value is -1.39. The maximum absolute atomic E-state index is 11.0. The number of rotatable bonds is 3. The van der Waals surface area contributed by atoms with E-state index in [-0.39, 0.29) is 5.54 Å². The minimum atomic E-state index is -0.861. The highest BCUT2D eigenvalue weighted by molar-refractivity contribution is 5.87. The van der Waals surface area contributed by atoms with Crippen LogP contribution in [-0.2, 0) is 6.54 Å². The molecule has 1 saturated heterocycles. The molecular weight excluding hydrogens is 240 g/mol. The molecule has 4 heteroatoms. The van der Waals surface area contributed by atoms with Crippen LogP contribution in [0.2, 0.25) is 0 Å². The average molecular weight is 262 g/mol. The third-order valence-corrected chi connectivity index (χ3v) is 3.98. The average Bonchev–Trinajstić information content (AvgIpc) is 2.34. The van der Waals surface area contributed by atoms with E-state index in [0.717, 1.165) is 31.7 Å². The molecule has 0 aromatic heterocycles. The molecule has 1 aromatic carbocycles. The predicted molar refractivity (Wildman–Crippen MR) is 75.4 cm³/mol. The zero-order chi connectivity index (χ0) is 14.0. The van der Waals surface area contributed by atoms with Gasteiger partial charge in [-0.05, 0) is 38.6 Å². The number of carboxylic acids is 1. The van der Waals surface area contributed by atoms with Crippen molar-refractivity contribution >= 4 is 5.97 Å². The third-order valence-electron chi connectivity index (χ3n) is 3.98. The number of piperazine rings is 1. The molecule has 1 aliphatic heterocycles. The molecule has 1 aliphatic rings. The van der Waals surface area contributed by atoms with Crippen LogP contribution < -0.4 is 0 Å². The molecule has 1 fully saturated rings. The summed E-state index contributed by atoms with van der Waals surface area (Å²) in [5, 5.41) is 9.01. The van der Waals surface area contributed by atoms with E-state index >= 15 is 0 Å². The van der Waals surface area contributed by atoms with E-state index in [2.05, 4.69) is 30.7 Å². The fraction of sp³-hybridized carbons (Fsp3) is 0.533. The van der Waals surface area contributed by atoms with E-state index in [1.54, 1.807) is 12.1 Å². The number of carboxylic acid groups (broad SMARTS) is 1. The Kier molecular flexibility index (Phi) is 3.92. The van der Waals surface area contributed by atoms with E-state index < -0.39 is 5.97 Å². The minimum absolute atomic E-state index is 0.169. The lowest BCUT2D eigenvalue weighted by Crippen LogP contribution is -2.57. The molecule has 1 N–H and O–H groups in total. The van der Waals surface area contributed by atoms with Gasteiger partial charge in [-0.2, -0.15) is 0 Å². The van der Waals surface area contributed by atoms with Gasteiger partial charge < -0.3 is 5.11 Å². The predicted octanol–water partition coefficient (Wildman–Crippen LogP) is 1.91. The minimum Gasteiger partial charge on any atom is -0.478 e. The number of aromatic carboxylic acids is 1. The van der Waals surface area contributed by atoms with Crippen molar-refractivity contribution in [1.82, 2.24) is 9.80 Å². The standard InChI is InChI=1S/C15H22N2O2/c1-15(2)11-17(8-7-16(15)3)10-12-5-4-6-13(9-12)14(18)19/h4-6,9H,7-8,10-11H2,1-3H3,(H,18,19). The lowest BCUT2D eigenvalue weighted by molar-refractivity contribution is 0.0359. The van der Waals surface area contributed by atoms with Crippen LogP contribution in [0.25, 0.3) is 0 Å². The molecule has 0 aliphatic carbocycles. The summed E-state index contributed by atoms with van der Waals surface area (Å²) in [6, 6.07) is 7.23. The fourth-order valence-corrected chi connectivity index (χ4v) is 2.54. The Morgan fingerprint density at radius 2 is 2.11 bits per heavy atom. The third kappa shape index (κ3) is 3.33. The first kappa shape index (κ1) is 14.0. The SMILES string of the molecule is CN1CCN(Cc2cccc(C(=O)O)c2)CC1(C)C. The Balaban J connectivity index is 2.05. The topological polar surface area (TPSA) is 43.8 Å². The zero-order valence-corrected chi connectivity index (χ0v) is 11.9. The highest BCUT2D eigenvalue weighted by Gasteiger charge is 2.30. The van der Waals surface area contributed by atoms with Crippen molar-refractivity contribution in [2.75, 3.05) is 26.7 Å². The Labute approximate surface area is 114 Å². The first-order chi connectivity index (χ1) is 8.88. The van der Waals surface area contributed by atoms with Crippen molar-refractivity contribution < 1.29 is 9.90 Å². The number of benzene rings is 1. The highest BCUT2D eigenvalue weighted by atomic mass is 16.4. The Morgan fingerprint density at radius 1 is 1.37 bits per heavy atom. The summed E-state index contributed by atoms with van der Waals surface area (Å²) in [5.74, 6) is -0.861. The molecule has 1 aromatic rings. The lowest BCUT2D eigenvalue weighted by Gasteiger charge is -2.45. The normalized spacial score (nSPS) is 20.4. The molecule has 1 heterocycles. The van der Waals surface area contributed by atoms with Crippen LogP contribution in [0.5, 0.6) is 0 Å². The van der Waals surface area contributed by atoms with Gasteiger partial charge in [-0.1, -0.05) is 12.1 Å². The summed E-state index contributed by atoms with van der Waals surface area (Å²) >= 11 is 0. The Bertz CT molecular complexity index is 471. The van der Waals surface area contributed by atoms with E-state index in [1.807, 2.05) is 12.1 Å². The summed E-state index contributed by atoms with van der Waals surface area (Å²) in [6.07, 6.45) is 0. The molecule has 104 valence electrons. The molecule has 4 nitrogen and oxygen atoms in total. The first-order valence-electron chi connectivity index (χ1n) is 6.64. The molecule has 19 heavy (non-hydrogen) atoms. The van der Waals surface area contributed by atoms with Gasteiger partial charge in [0, 0.05) is 31.7 Å². The molecule has 0 bridgehead atoms. The summed E-state index contributed by atoms with van der Waals surface area (Å²) in [4.78, 5) is 15.7. The smallest absolute Gasteiger partial charge is 0.335 e. The molecule has 2 rings (SSSR count). The van der Waals surface area contributed by atoms with Gasteiger partial charge in [-0.3, -0.25) is 9.80 Å². The second-order valence-corrected chi connectivity index (χ2v) is 5.95. The van der Waals surface area contributed by atoms with Crippen LogP contribution in [0.3, 0.4) is 0 Å². The van der Waals surface area contributed by atoms with Gasteiger partial charge in [-0.25, -0.2) is 4.79 Å². The van der Waals surface area contributed by atoms with Gasteiger partial charge in [0.15, 0.2) is 0 Å². The van der Waals surface area contributed by atoms with Crippen molar-refractivity contribution in [3.63, 3.8) is 0 Å². The number of carbonyl (C=O) groups is 1. The Morgan fingerprint density at radius 3 is 2.74 bits per heavy atom. The van der Waals surface area contributed by atoms with Crippen LogP contribution in [0, 0.1) is 0 Å². The van der Waals surface area contributed by atoms with Gasteiger partial charge in [0.05, 0.1) is 5.56 Å². The van der Waals surface area contributed by atoms with Gasteiger partial charge >= 0.3 is 5.97 Å². The van der Waals surface area contributed by atoms with Crippen molar-refractivity contribution in [2.24, 2.45) is 0 Å². The number of hydrogen-bond acceptors (Lipinski definition) is 3. The summed E-state index contributed by atoms with van der Waals surface area (Å²) in [5.41, 5.74) is 1.61. The van der Waals surface area contributed by atoms with Crippen molar-refractivity contribution in [3.05, 3.63) is 35.4 Å². The van der Waals surface area contributed by atoms with Gasteiger partial charge in [0.2, 0.25) is 0 Å². The van der Waals surface area contributed by atoms with Crippen LogP contribution >= 0.6 is 0 Å². The molecule has 0 unspecified atom stereocenters. The first-order valence-corrected chi connectivity index (χ1v) is 6.64. The molecule has 0 atom stereocenters. The molecule has 0 amide bonds. The van der Waals surface area contributed by atoms with Crippen LogP contribution in [-0.4, -0.2) is 53.1 Å². The number of nitrogens with zero attached hydrogens (tertiary/aromatic N) is 2. The molecule has 0 radical (unpaired) electrons. The molecule has 0 spiro atoms. The van der Waals surface area contributed by atoms with Crippen molar-refractivity contribution in [1.29, 1.82) is 0 Å². The van der Waals surface area contributed by atoms with E-state index in [4.69, 9.17) is 5.11 Å². The second kappa shape index (κ2) is 5.31. The monoisotopic (exact) mass is 262 g/mol. The van der Waals surface area contributed by atoms with Crippen molar-refractivity contribution in [3.8, 4) is 0 Å². The zero-order valence-electron chi connectivity index (χ0n) is 11.9. The molecular formula is C15H22N2O2. The number of hydrogen-bond donors (Lipinski definition) is 1. The second-order valence-electron chi connectivity index (χ2n) is 5.95. The maximum Gasteiger partial charge on any atom is 0.335 e. The van der Waals surface area contributed by atoms with Gasteiger partial charge in [0.1, 0.15) is 0 Å². The van der Waals surface area contributed by atoms with E-state index in [0.29, 0.717) is 5.56 Å². The van der Waals surface area contributed by atoms with Gasteiger partial charge in [0.25, 0.3) is 0 Å². The van der Waals surface area contributed by atoms with Crippen LogP contribution in [0.1, 0.15) is 29.8 Å². The van der Waals surface area contributed by atoms with Crippen molar-refractivity contribution in [2.45, 2.75) is 25.9 Å². The van der Waals surface area contributed by atoms with E-state index in [1.165, 1.54) is 0 Å². The molecule has 0 saturated carbocycles. The maximum atomic E-state index is 11.0. The lowest BCUT2D eigenvalue weighted by atomic mass is 9.99. The van der Waals surface area contributed by atoms with Gasteiger partial charge in [-0.15, -0.1) is 0 Å². The largest absolute Gasteiger partial charge is 0.478 e. The quantitative estimate of drug-likeness (QED) is 0.903. The van der Waals surface area contributed by atoms with Crippen LogP contribution in [0.4, 0.5) is 0 Å². The highest BCUT2D eigenvalue weighted by Crippen LogP contribution is 2.20. The fourth-order valence-electron chi connectivity index (χ4n) is 2.54. The number of likely N-dealkylation sites (N-methyl/N-ethyl adjacent to an activating group) is 1. The van der Waals surface area contributed by atoms with E-state index in [9.17, 15) is 4.79 Å². The summed E-state index contributed by atoms with van der Waals surface area (Å²) in [7, 11) is 2.16.